The van der Waals surface area contributed by atoms with Crippen molar-refractivity contribution in [3.05, 3.63) is 34.1 Å². The summed E-state index contributed by atoms with van der Waals surface area (Å²) in [5, 5.41) is 20.0. The Morgan fingerprint density at radius 3 is 2.81 bits per heavy atom. The van der Waals surface area contributed by atoms with E-state index in [1.54, 1.807) is 19.1 Å². The minimum absolute atomic E-state index is 0.174. The van der Waals surface area contributed by atoms with Crippen LogP contribution in [-0.4, -0.2) is 31.3 Å². The van der Waals surface area contributed by atoms with Gasteiger partial charge in [0.15, 0.2) is 5.82 Å². The van der Waals surface area contributed by atoms with E-state index in [9.17, 15) is 4.79 Å². The topological polar surface area (TPSA) is 80.9 Å². The number of nitrogens with zero attached hydrogens (tertiary/aromatic N) is 4. The molecule has 0 atom stereocenters. The molecule has 1 heterocycles. The smallest absolute Gasteiger partial charge is 0.336 e. The van der Waals surface area contributed by atoms with Gasteiger partial charge >= 0.3 is 5.97 Å². The summed E-state index contributed by atoms with van der Waals surface area (Å²) in [7, 11) is 0. The zero-order valence-electron chi connectivity index (χ0n) is 8.25. The maximum Gasteiger partial charge on any atom is 0.336 e. The molecule has 0 radical (unpaired) electrons. The van der Waals surface area contributed by atoms with Crippen molar-refractivity contribution in [1.82, 2.24) is 20.2 Å². The van der Waals surface area contributed by atoms with Crippen molar-refractivity contribution >= 4 is 21.9 Å². The maximum absolute atomic E-state index is 10.9. The number of carboxylic acid groups (broad SMARTS) is 1. The fourth-order valence-electron chi connectivity index (χ4n) is 1.28. The zero-order valence-corrected chi connectivity index (χ0v) is 9.84. The number of aromatic carboxylic acids is 1. The summed E-state index contributed by atoms with van der Waals surface area (Å²) in [4.78, 5) is 10.9. The molecule has 0 saturated carbocycles. The molecule has 0 aliphatic carbocycles. The number of aromatic nitrogens is 4. The second kappa shape index (κ2) is 4.01. The van der Waals surface area contributed by atoms with E-state index in [0.717, 1.165) is 0 Å². The Labute approximate surface area is 99.0 Å². The van der Waals surface area contributed by atoms with Crippen LogP contribution >= 0.6 is 15.9 Å². The Bertz CT molecular complexity index is 552. The SMILES string of the molecule is Cc1nnnn1-c1ccc(Br)c(C(=O)O)c1. The minimum atomic E-state index is -1.00. The quantitative estimate of drug-likeness (QED) is 0.901. The van der Waals surface area contributed by atoms with Gasteiger partial charge < -0.3 is 5.11 Å². The highest BCUT2D eigenvalue weighted by Crippen LogP contribution is 2.20. The highest BCUT2D eigenvalue weighted by atomic mass is 79.9. The van der Waals surface area contributed by atoms with Crippen LogP contribution in [0, 0.1) is 6.92 Å². The van der Waals surface area contributed by atoms with E-state index in [4.69, 9.17) is 5.11 Å². The van der Waals surface area contributed by atoms with Gasteiger partial charge in [0.2, 0.25) is 0 Å². The molecule has 1 aromatic heterocycles. The summed E-state index contributed by atoms with van der Waals surface area (Å²) in [6.45, 7) is 1.74. The summed E-state index contributed by atoms with van der Waals surface area (Å²) in [5.41, 5.74) is 0.788. The number of tetrazole rings is 1. The average molecular weight is 283 g/mol. The van der Waals surface area contributed by atoms with Crippen molar-refractivity contribution in [2.24, 2.45) is 0 Å². The minimum Gasteiger partial charge on any atom is -0.478 e. The summed E-state index contributed by atoms with van der Waals surface area (Å²) >= 11 is 3.17. The monoisotopic (exact) mass is 282 g/mol. The molecule has 2 aromatic rings. The molecule has 7 heteroatoms. The van der Waals surface area contributed by atoms with E-state index in [2.05, 4.69) is 31.5 Å². The Morgan fingerprint density at radius 2 is 2.25 bits per heavy atom. The lowest BCUT2D eigenvalue weighted by atomic mass is 10.2. The Balaban J connectivity index is 2.56. The van der Waals surface area contributed by atoms with Gasteiger partial charge in [-0.25, -0.2) is 4.79 Å². The Morgan fingerprint density at radius 1 is 1.50 bits per heavy atom. The molecule has 0 fully saturated rings. The van der Waals surface area contributed by atoms with Gasteiger partial charge in [-0.2, -0.15) is 4.68 Å². The molecule has 0 spiro atoms. The van der Waals surface area contributed by atoms with Crippen LogP contribution in [0.3, 0.4) is 0 Å². The van der Waals surface area contributed by atoms with Crippen molar-refractivity contribution in [2.75, 3.05) is 0 Å². The number of aryl methyl sites for hydroxylation is 1. The molecule has 1 N–H and O–H groups in total. The van der Waals surface area contributed by atoms with Crippen LogP contribution in [0.4, 0.5) is 0 Å². The lowest BCUT2D eigenvalue weighted by Crippen LogP contribution is -2.03. The third-order valence-corrected chi connectivity index (χ3v) is 2.74. The van der Waals surface area contributed by atoms with Gasteiger partial charge in [-0.3, -0.25) is 0 Å². The molecule has 0 amide bonds. The van der Waals surface area contributed by atoms with Gasteiger partial charge in [0.25, 0.3) is 0 Å². The first-order valence-electron chi connectivity index (χ1n) is 4.38. The predicted octanol–water partition coefficient (Wildman–Crippen LogP) is 1.43. The molecule has 1 aromatic carbocycles. The van der Waals surface area contributed by atoms with E-state index >= 15 is 0 Å². The van der Waals surface area contributed by atoms with Crippen LogP contribution in [0.5, 0.6) is 0 Å². The van der Waals surface area contributed by atoms with Crippen molar-refractivity contribution in [3.8, 4) is 5.69 Å². The van der Waals surface area contributed by atoms with E-state index in [1.165, 1.54) is 10.7 Å². The van der Waals surface area contributed by atoms with Crippen LogP contribution in [0.15, 0.2) is 22.7 Å². The van der Waals surface area contributed by atoms with Crippen molar-refractivity contribution in [2.45, 2.75) is 6.92 Å². The van der Waals surface area contributed by atoms with Gasteiger partial charge in [-0.1, -0.05) is 0 Å². The lowest BCUT2D eigenvalue weighted by Gasteiger charge is -2.04. The molecule has 0 aliphatic heterocycles. The fourth-order valence-corrected chi connectivity index (χ4v) is 1.70. The fraction of sp³-hybridized carbons (Fsp3) is 0.111. The van der Waals surface area contributed by atoms with E-state index in [0.29, 0.717) is 16.0 Å². The zero-order chi connectivity index (χ0) is 11.7. The second-order valence-corrected chi connectivity index (χ2v) is 3.96. The van der Waals surface area contributed by atoms with Crippen LogP contribution in [0.1, 0.15) is 16.2 Å². The summed E-state index contributed by atoms with van der Waals surface area (Å²) in [6, 6.07) is 4.90. The molecule has 6 nitrogen and oxygen atoms in total. The van der Waals surface area contributed by atoms with Crippen molar-refractivity contribution in [1.29, 1.82) is 0 Å². The largest absolute Gasteiger partial charge is 0.478 e. The van der Waals surface area contributed by atoms with Crippen molar-refractivity contribution < 1.29 is 9.90 Å². The third-order valence-electron chi connectivity index (χ3n) is 2.05. The molecule has 0 aliphatic rings. The Kier molecular flexibility index (Phi) is 2.69. The number of rotatable bonds is 2. The normalized spacial score (nSPS) is 10.4. The van der Waals surface area contributed by atoms with Crippen LogP contribution < -0.4 is 0 Å². The van der Waals surface area contributed by atoms with Crippen molar-refractivity contribution in [3.63, 3.8) is 0 Å². The molecular weight excluding hydrogens is 276 g/mol. The molecule has 82 valence electrons. The molecule has 0 saturated heterocycles. The third kappa shape index (κ3) is 1.81. The summed E-state index contributed by atoms with van der Waals surface area (Å²) < 4.78 is 1.99. The van der Waals surface area contributed by atoms with Crippen LogP contribution in [0.25, 0.3) is 5.69 Å². The highest BCUT2D eigenvalue weighted by molar-refractivity contribution is 9.10. The van der Waals surface area contributed by atoms with Gasteiger partial charge in [-0.05, 0) is 51.5 Å². The second-order valence-electron chi connectivity index (χ2n) is 3.11. The number of carbonyl (C=O) groups is 1. The van der Waals surface area contributed by atoms with E-state index in [-0.39, 0.29) is 5.56 Å². The number of hydrogen-bond donors (Lipinski definition) is 1. The predicted molar refractivity (Wildman–Crippen MR) is 58.6 cm³/mol. The summed E-state index contributed by atoms with van der Waals surface area (Å²) in [5.74, 6) is -0.405. The highest BCUT2D eigenvalue weighted by Gasteiger charge is 2.11. The molecule has 0 bridgehead atoms. The standard InChI is InChI=1S/C9H7BrN4O2/c1-5-11-12-13-14(5)6-2-3-8(10)7(4-6)9(15)16/h2-4H,1H3,(H,15,16). The molecule has 0 unspecified atom stereocenters. The number of halogens is 1. The first kappa shape index (κ1) is 10.7. The number of hydrogen-bond acceptors (Lipinski definition) is 4. The van der Waals surface area contributed by atoms with Gasteiger partial charge in [-0.15, -0.1) is 5.10 Å². The molecule has 16 heavy (non-hydrogen) atoms. The lowest BCUT2D eigenvalue weighted by molar-refractivity contribution is 0.0696. The Hall–Kier alpha value is -1.76. The maximum atomic E-state index is 10.9. The first-order chi connectivity index (χ1) is 7.59. The van der Waals surface area contributed by atoms with Crippen LogP contribution in [-0.2, 0) is 0 Å². The molecular formula is C9H7BrN4O2. The van der Waals surface area contributed by atoms with Crippen LogP contribution in [0.2, 0.25) is 0 Å². The first-order valence-corrected chi connectivity index (χ1v) is 5.17. The average Bonchev–Trinajstić information content (AvgIpc) is 2.65. The van der Waals surface area contributed by atoms with E-state index < -0.39 is 5.97 Å². The summed E-state index contributed by atoms with van der Waals surface area (Å²) in [6.07, 6.45) is 0. The number of carboxylic acids is 1. The number of benzene rings is 1. The molecule has 2 rings (SSSR count). The van der Waals surface area contributed by atoms with E-state index in [1.807, 2.05) is 0 Å². The van der Waals surface area contributed by atoms with Gasteiger partial charge in [0.05, 0.1) is 11.3 Å². The van der Waals surface area contributed by atoms with Gasteiger partial charge in [0.1, 0.15) is 0 Å². The van der Waals surface area contributed by atoms with Gasteiger partial charge in [0, 0.05) is 4.47 Å².